The number of halogens is 4. The number of carbonyl (C=O) groups is 3. The molecule has 0 aliphatic heterocycles. The van der Waals surface area contributed by atoms with Gasteiger partial charge in [0.05, 0.1) is 38.0 Å². The molecule has 12 nitrogen and oxygen atoms in total. The van der Waals surface area contributed by atoms with Gasteiger partial charge in [0.1, 0.15) is 51.9 Å². The summed E-state index contributed by atoms with van der Waals surface area (Å²) in [7, 11) is -5.83. The van der Waals surface area contributed by atoms with E-state index in [1.807, 2.05) is 115 Å². The molecular formula is C111H157F4O12S3+. The predicted molar refractivity (Wildman–Crippen MR) is 541 cm³/mol. The van der Waals surface area contributed by atoms with E-state index in [0.717, 1.165) is 44.1 Å². The van der Waals surface area contributed by atoms with Gasteiger partial charge in [-0.25, -0.2) is 17.2 Å². The lowest BCUT2D eigenvalue weighted by atomic mass is 9.90. The Hall–Kier alpha value is -10.4. The number of hydrogen-bond donors (Lipinski definition) is 2. The zero-order chi connectivity index (χ0) is 88.3. The molecule has 718 valence electrons. The molecule has 4 unspecified atom stereocenters. The van der Waals surface area contributed by atoms with E-state index in [1.165, 1.54) is 62.8 Å². The van der Waals surface area contributed by atoms with Crippen LogP contribution in [0.25, 0.3) is 0 Å². The van der Waals surface area contributed by atoms with E-state index < -0.39 is 74.0 Å². The van der Waals surface area contributed by atoms with E-state index in [1.54, 1.807) is 45.0 Å². The quantitative estimate of drug-likeness (QED) is 0.0111. The molecule has 4 atom stereocenters. The van der Waals surface area contributed by atoms with Gasteiger partial charge >= 0.3 is 17.9 Å². The number of carbonyl (C=O) groups excluding carboxylic acids is 3. The molecule has 0 aromatic heterocycles. The average molecular weight is 1860 g/mol. The number of aromatic hydroxyl groups is 2. The van der Waals surface area contributed by atoms with Crippen LogP contribution in [0.5, 0.6) is 17.2 Å². The summed E-state index contributed by atoms with van der Waals surface area (Å²) in [5, 5.41) is 18.0. The molecule has 12 rings (SSSR count). The first-order valence-corrected chi connectivity index (χ1v) is 44.4. The maximum Gasteiger partial charge on any atom is 0.312 e. The molecule has 0 fully saturated rings. The molecule has 1 aliphatic rings. The third-order valence-electron chi connectivity index (χ3n) is 20.8. The summed E-state index contributed by atoms with van der Waals surface area (Å²) >= 11 is 0. The van der Waals surface area contributed by atoms with Crippen molar-refractivity contribution in [2.45, 2.75) is 288 Å². The van der Waals surface area contributed by atoms with Crippen LogP contribution in [-0.2, 0) is 66.9 Å². The largest absolute Gasteiger partial charge is 0.744 e. The number of ether oxygens (including phenoxy) is 4. The number of phenols is 2. The highest BCUT2D eigenvalue weighted by Crippen LogP contribution is 2.39. The minimum atomic E-state index is -5.79. The Bertz CT molecular complexity index is 4740. The summed E-state index contributed by atoms with van der Waals surface area (Å²) in [4.78, 5) is 41.5. The van der Waals surface area contributed by atoms with Crippen molar-refractivity contribution in [3.05, 3.63) is 335 Å². The van der Waals surface area contributed by atoms with Gasteiger partial charge in [0.25, 0.3) is 0 Å². The second-order valence-electron chi connectivity index (χ2n) is 30.9. The molecule has 11 aromatic rings. The molecule has 130 heavy (non-hydrogen) atoms. The summed E-state index contributed by atoms with van der Waals surface area (Å²) in [5.41, 5.74) is 7.15. The molecule has 0 saturated carbocycles. The van der Waals surface area contributed by atoms with Crippen LogP contribution in [0.15, 0.2) is 307 Å². The number of rotatable bonds is 24. The Morgan fingerprint density at radius 2 is 0.715 bits per heavy atom. The first-order chi connectivity index (χ1) is 57.0. The molecule has 0 amide bonds. The van der Waals surface area contributed by atoms with Crippen molar-refractivity contribution in [2.24, 2.45) is 16.2 Å². The molecule has 0 heterocycles. The van der Waals surface area contributed by atoms with Crippen LogP contribution in [0.1, 0.15) is 273 Å². The smallest absolute Gasteiger partial charge is 0.312 e. The third kappa shape index (κ3) is 39.3. The fourth-order valence-electron chi connectivity index (χ4n) is 11.4. The van der Waals surface area contributed by atoms with Gasteiger partial charge in [0.15, 0.2) is 46.8 Å². The Labute approximate surface area is 789 Å². The Kier molecular flexibility index (Phi) is 61.8. The van der Waals surface area contributed by atoms with Crippen LogP contribution in [0.4, 0.5) is 17.6 Å². The molecule has 0 bridgehead atoms. The van der Waals surface area contributed by atoms with Crippen LogP contribution in [0.2, 0.25) is 0 Å². The molecule has 0 spiro atoms. The maximum atomic E-state index is 13.6. The zero-order valence-corrected chi connectivity index (χ0v) is 74.3. The zero-order valence-electron chi connectivity index (χ0n) is 71.9. The number of hydrogen-bond acceptors (Lipinski definition) is 12. The highest BCUT2D eigenvalue weighted by atomic mass is 32.2. The van der Waals surface area contributed by atoms with Gasteiger partial charge in [-0.15, -0.1) is 0 Å². The summed E-state index contributed by atoms with van der Waals surface area (Å²) < 4.78 is 107. The summed E-state index contributed by atoms with van der Waals surface area (Å²) in [5.74, 6) is -9.69. The molecule has 1 aliphatic carbocycles. The molecule has 0 radical (unpaired) electrons. The second-order valence-corrected chi connectivity index (χ2v) is 36.3. The van der Waals surface area contributed by atoms with Gasteiger partial charge in [0.2, 0.25) is 11.6 Å². The van der Waals surface area contributed by atoms with Crippen LogP contribution in [-0.4, -0.2) is 54.3 Å². The van der Waals surface area contributed by atoms with Crippen LogP contribution < -0.4 is 4.74 Å². The standard InChI is InChI=1S/2C19H17S.C15H20O2.C14H16F4O6S.C14H20O2.2C10H14O.10CH4/c2*1-16-12-14-19(15-13-16)20(17-8-4-2-5-9-17)18-10-6-3-7-11-18;1-4-15(2,3)14(16)17-13-10-9-11-7-5-6-8-12(11)13;1-4-14(2,3)13(19)24-6-5-23-11-7(15)9(17)12(25(20,21)22)10(18)8(11)16;1-5-14(3,4)13(15)16-11(2)12-9-7-6-8-10-12;2*1-3-8(2)9-4-6-10(11)7-5-9;;;;;;;;;;/h2*2-15H,1H3;5-8,13H,4,9-10H2,1-3H3;4-6H2,1-3H3,(H,20,21,22);6-11H,5H2,1-4H3;2*4-8,11H,3H2,1-2H3;10*1H4/q2*+1;;;;;;;;;;;;;;;/p-1. The van der Waals surface area contributed by atoms with Crippen molar-refractivity contribution in [3.63, 3.8) is 0 Å². The van der Waals surface area contributed by atoms with Crippen molar-refractivity contribution < 1.29 is 74.1 Å². The van der Waals surface area contributed by atoms with Crippen molar-refractivity contribution in [2.75, 3.05) is 13.2 Å². The fraction of sp³-hybridized carbons (Fsp3) is 0.378. The van der Waals surface area contributed by atoms with Crippen LogP contribution in [0.3, 0.4) is 0 Å². The van der Waals surface area contributed by atoms with Gasteiger partial charge in [-0.1, -0.05) is 310 Å². The Morgan fingerprint density at radius 1 is 0.408 bits per heavy atom. The number of benzene rings is 11. The molecule has 11 aromatic carbocycles. The van der Waals surface area contributed by atoms with Crippen molar-refractivity contribution in [1.82, 2.24) is 0 Å². The Balaban J connectivity index is -0.000000468. The molecule has 19 heteroatoms. The molecular weight excluding hydrogens is 1700 g/mol. The van der Waals surface area contributed by atoms with Crippen LogP contribution in [0, 0.1) is 53.4 Å². The van der Waals surface area contributed by atoms with E-state index in [4.69, 9.17) is 24.4 Å². The van der Waals surface area contributed by atoms with E-state index >= 15 is 0 Å². The summed E-state index contributed by atoms with van der Waals surface area (Å²) in [6.07, 6.45) is 6.05. The molecule has 2 N–H and O–H groups in total. The van der Waals surface area contributed by atoms with Gasteiger partial charge < -0.3 is 33.7 Å². The van der Waals surface area contributed by atoms with Crippen molar-refractivity contribution in [3.8, 4) is 17.2 Å². The number of phenolic OH excluding ortho intramolecular Hbond substituents is 2. The number of esters is 3. The van der Waals surface area contributed by atoms with Crippen molar-refractivity contribution in [1.29, 1.82) is 0 Å². The SMILES string of the molecule is C.C.C.C.C.C.C.C.C.C.CCC(C)(C)C(=O)OC(C)c1ccccc1.CCC(C)(C)C(=O)OC1CCc2ccccc21.CCC(C)(C)C(=O)OCCOc1c(F)c(F)c(S(=O)(=O)[O-])c(F)c1F.CCC(C)c1ccc(O)cc1.CCC(C)c1ccc(O)cc1.Cc1ccc([S+](c2ccccc2)c2ccccc2)cc1.Cc1ccc([S+](c2ccccc2)c2ccccc2)cc1. The normalized spacial score (nSPS) is 11.9. The highest BCUT2D eigenvalue weighted by Gasteiger charge is 2.35. The van der Waals surface area contributed by atoms with E-state index in [0.29, 0.717) is 29.8 Å². The first-order valence-electron chi connectivity index (χ1n) is 40.6. The lowest BCUT2D eigenvalue weighted by molar-refractivity contribution is -0.160. The van der Waals surface area contributed by atoms with Gasteiger partial charge in [-0.3, -0.25) is 14.4 Å². The summed E-state index contributed by atoms with van der Waals surface area (Å²) in [6, 6.07) is 93.6. The monoisotopic (exact) mass is 1850 g/mol. The van der Waals surface area contributed by atoms with Gasteiger partial charge in [0, 0.05) is 0 Å². The second kappa shape index (κ2) is 62.8. The first kappa shape index (κ1) is 128. The fourth-order valence-corrected chi connectivity index (χ4v) is 16.1. The van der Waals surface area contributed by atoms with Gasteiger partial charge in [-0.2, -0.15) is 8.78 Å². The summed E-state index contributed by atoms with van der Waals surface area (Å²) in [6.45, 7) is 30.4. The molecule has 0 saturated heterocycles. The minimum Gasteiger partial charge on any atom is -0.744 e. The lowest BCUT2D eigenvalue weighted by Gasteiger charge is -2.23. The van der Waals surface area contributed by atoms with E-state index in [2.05, 4.69) is 228 Å². The topological polar surface area (TPSA) is 186 Å². The predicted octanol–water partition coefficient (Wildman–Crippen LogP) is 32.2. The van der Waals surface area contributed by atoms with Crippen LogP contribution >= 0.6 is 0 Å². The maximum absolute atomic E-state index is 13.6. The number of fused-ring (bicyclic) bond motifs is 1. The van der Waals surface area contributed by atoms with E-state index in [9.17, 15) is 44.9 Å². The average Bonchev–Trinajstić information content (AvgIpc) is 0.867. The number of aryl methyl sites for hydroxylation is 3. The van der Waals surface area contributed by atoms with Gasteiger partial charge in [-0.05, 0) is 244 Å². The lowest BCUT2D eigenvalue weighted by Crippen LogP contribution is -2.27. The minimum absolute atomic E-state index is 0. The van der Waals surface area contributed by atoms with Crippen molar-refractivity contribution >= 4 is 49.8 Å². The highest BCUT2D eigenvalue weighted by molar-refractivity contribution is 7.97. The Morgan fingerprint density at radius 3 is 1.05 bits per heavy atom. The third-order valence-corrected chi connectivity index (χ3v) is 26.1. The van der Waals surface area contributed by atoms with E-state index in [-0.39, 0.29) is 126 Å².